The predicted octanol–water partition coefficient (Wildman–Crippen LogP) is 9.64. The highest BCUT2D eigenvalue weighted by Gasteiger charge is 2.16. The van der Waals surface area contributed by atoms with Crippen molar-refractivity contribution in [1.29, 1.82) is 0 Å². The van der Waals surface area contributed by atoms with Gasteiger partial charge in [-0.25, -0.2) is 9.97 Å². The molecule has 0 saturated heterocycles. The second-order valence-corrected chi connectivity index (χ2v) is 10.5. The summed E-state index contributed by atoms with van der Waals surface area (Å²) >= 11 is 1.84. The van der Waals surface area contributed by atoms with Crippen LogP contribution in [0, 0.1) is 0 Å². The molecule has 6 aromatic carbocycles. The highest BCUT2D eigenvalue weighted by atomic mass is 32.1. The molecule has 0 radical (unpaired) electrons. The fourth-order valence-corrected chi connectivity index (χ4v) is 6.65. The van der Waals surface area contributed by atoms with Gasteiger partial charge in [-0.15, -0.1) is 11.3 Å². The van der Waals surface area contributed by atoms with Crippen molar-refractivity contribution in [2.45, 2.75) is 0 Å². The van der Waals surface area contributed by atoms with E-state index in [4.69, 9.17) is 9.97 Å². The Morgan fingerprint density at radius 1 is 0.486 bits per heavy atom. The van der Waals surface area contributed by atoms with Gasteiger partial charge in [-0.1, -0.05) is 97.1 Å². The van der Waals surface area contributed by atoms with Crippen LogP contribution in [0.4, 0.5) is 0 Å². The van der Waals surface area contributed by atoms with E-state index in [-0.39, 0.29) is 0 Å². The first-order chi connectivity index (χ1) is 18.3. The van der Waals surface area contributed by atoms with Crippen LogP contribution in [-0.2, 0) is 0 Å². The van der Waals surface area contributed by atoms with Crippen molar-refractivity contribution in [3.8, 4) is 22.6 Å². The molecule has 0 saturated carbocycles. The zero-order valence-electron chi connectivity index (χ0n) is 19.8. The molecule has 2 aromatic heterocycles. The highest BCUT2D eigenvalue weighted by molar-refractivity contribution is 7.25. The van der Waals surface area contributed by atoms with Gasteiger partial charge in [0, 0.05) is 36.7 Å². The summed E-state index contributed by atoms with van der Waals surface area (Å²) in [6.07, 6.45) is 0. The van der Waals surface area contributed by atoms with Crippen molar-refractivity contribution in [3.63, 3.8) is 0 Å². The van der Waals surface area contributed by atoms with Gasteiger partial charge < -0.3 is 0 Å². The molecule has 0 unspecified atom stereocenters. The second-order valence-electron chi connectivity index (χ2n) is 9.42. The number of nitrogens with zero attached hydrogens (tertiary/aromatic N) is 2. The Morgan fingerprint density at radius 2 is 1.27 bits per heavy atom. The lowest BCUT2D eigenvalue weighted by Gasteiger charge is -2.13. The minimum absolute atomic E-state index is 0.757. The van der Waals surface area contributed by atoms with Crippen molar-refractivity contribution in [3.05, 3.63) is 121 Å². The molecule has 0 spiro atoms. The predicted molar refractivity (Wildman–Crippen MR) is 158 cm³/mol. The normalized spacial score (nSPS) is 11.8. The van der Waals surface area contributed by atoms with Crippen molar-refractivity contribution in [2.24, 2.45) is 0 Å². The summed E-state index contributed by atoms with van der Waals surface area (Å²) in [6.45, 7) is 0. The zero-order valence-corrected chi connectivity index (χ0v) is 20.7. The number of fused-ring (bicyclic) bond motifs is 7. The van der Waals surface area contributed by atoms with Crippen LogP contribution in [0.2, 0.25) is 0 Å². The standard InChI is InChI=1S/C34H20N2S/c1-2-10-22(11-3-1)33-32-24-13-5-4-9-21(24)17-18-29(32)35-34(36-33)26-15-8-12-23-19-28-25-14-6-7-16-30(25)37-31(28)20-27(23)26/h1-20H. The summed E-state index contributed by atoms with van der Waals surface area (Å²) in [5.74, 6) is 0.757. The summed E-state index contributed by atoms with van der Waals surface area (Å²) in [7, 11) is 0. The summed E-state index contributed by atoms with van der Waals surface area (Å²) in [6, 6.07) is 43.0. The monoisotopic (exact) mass is 488 g/mol. The van der Waals surface area contributed by atoms with Crippen LogP contribution < -0.4 is 0 Å². The Balaban J connectivity index is 1.46. The smallest absolute Gasteiger partial charge is 0.161 e. The molecule has 0 fully saturated rings. The van der Waals surface area contributed by atoms with Crippen molar-refractivity contribution >= 4 is 64.0 Å². The molecule has 2 nitrogen and oxygen atoms in total. The molecule has 0 atom stereocenters. The van der Waals surface area contributed by atoms with E-state index in [1.807, 2.05) is 17.4 Å². The summed E-state index contributed by atoms with van der Waals surface area (Å²) in [5.41, 5.74) is 4.09. The Bertz CT molecular complexity index is 2140. The Kier molecular flexibility index (Phi) is 4.42. The van der Waals surface area contributed by atoms with Crippen molar-refractivity contribution in [1.82, 2.24) is 9.97 Å². The molecule has 0 N–H and O–H groups in total. The van der Waals surface area contributed by atoms with Gasteiger partial charge in [-0.05, 0) is 45.8 Å². The van der Waals surface area contributed by atoms with Crippen molar-refractivity contribution < 1.29 is 0 Å². The van der Waals surface area contributed by atoms with E-state index in [1.165, 1.54) is 41.7 Å². The largest absolute Gasteiger partial charge is 0.228 e. The molecule has 37 heavy (non-hydrogen) atoms. The number of hydrogen-bond donors (Lipinski definition) is 0. The van der Waals surface area contributed by atoms with E-state index in [0.717, 1.165) is 33.5 Å². The maximum Gasteiger partial charge on any atom is 0.161 e. The first-order valence-electron chi connectivity index (χ1n) is 12.4. The highest BCUT2D eigenvalue weighted by Crippen LogP contribution is 2.40. The minimum Gasteiger partial charge on any atom is -0.228 e. The molecule has 0 bridgehead atoms. The fourth-order valence-electron chi connectivity index (χ4n) is 5.52. The molecule has 3 heteroatoms. The first kappa shape index (κ1) is 20.6. The number of aromatic nitrogens is 2. The third-order valence-electron chi connectivity index (χ3n) is 7.25. The maximum atomic E-state index is 5.26. The molecular weight excluding hydrogens is 468 g/mol. The topological polar surface area (TPSA) is 25.8 Å². The second kappa shape index (κ2) is 7.95. The quantitative estimate of drug-likeness (QED) is 0.226. The van der Waals surface area contributed by atoms with Gasteiger partial charge in [0.05, 0.1) is 11.2 Å². The lowest BCUT2D eigenvalue weighted by molar-refractivity contribution is 1.24. The van der Waals surface area contributed by atoms with Crippen LogP contribution in [0.15, 0.2) is 121 Å². The molecule has 172 valence electrons. The van der Waals surface area contributed by atoms with E-state index in [0.29, 0.717) is 0 Å². The number of hydrogen-bond acceptors (Lipinski definition) is 3. The average Bonchev–Trinajstić information content (AvgIpc) is 3.33. The maximum absolute atomic E-state index is 5.26. The molecule has 0 aliphatic rings. The number of thiophene rings is 1. The molecule has 0 amide bonds. The van der Waals surface area contributed by atoms with Crippen LogP contribution in [0.25, 0.3) is 75.3 Å². The molecule has 0 aliphatic carbocycles. The van der Waals surface area contributed by atoms with Crippen LogP contribution in [0.5, 0.6) is 0 Å². The fraction of sp³-hybridized carbons (Fsp3) is 0. The van der Waals surface area contributed by atoms with Crippen LogP contribution in [0.1, 0.15) is 0 Å². The average molecular weight is 489 g/mol. The molecule has 8 rings (SSSR count). The van der Waals surface area contributed by atoms with Gasteiger partial charge in [-0.2, -0.15) is 0 Å². The van der Waals surface area contributed by atoms with E-state index < -0.39 is 0 Å². The Labute approximate surface area is 217 Å². The van der Waals surface area contributed by atoms with E-state index in [1.54, 1.807) is 0 Å². The van der Waals surface area contributed by atoms with E-state index >= 15 is 0 Å². The summed E-state index contributed by atoms with van der Waals surface area (Å²) in [4.78, 5) is 10.4. The first-order valence-corrected chi connectivity index (χ1v) is 13.2. The third-order valence-corrected chi connectivity index (χ3v) is 8.39. The number of rotatable bonds is 2. The molecule has 2 heterocycles. The van der Waals surface area contributed by atoms with Gasteiger partial charge in [0.25, 0.3) is 0 Å². The van der Waals surface area contributed by atoms with E-state index in [2.05, 4.69) is 115 Å². The van der Waals surface area contributed by atoms with Crippen LogP contribution in [0.3, 0.4) is 0 Å². The Hall–Kier alpha value is -4.60. The molecule has 0 aliphatic heterocycles. The Morgan fingerprint density at radius 3 is 2.19 bits per heavy atom. The van der Waals surface area contributed by atoms with Gasteiger partial charge in [0.2, 0.25) is 0 Å². The van der Waals surface area contributed by atoms with Gasteiger partial charge >= 0.3 is 0 Å². The molecular formula is C34H20N2S. The third kappa shape index (κ3) is 3.18. The molecule has 8 aromatic rings. The zero-order chi connectivity index (χ0) is 24.3. The minimum atomic E-state index is 0.757. The SMILES string of the molecule is c1ccc(-c2nc(-c3cccc4cc5c(cc34)sc3ccccc35)nc3ccc4ccccc4c23)cc1. The lowest BCUT2D eigenvalue weighted by Crippen LogP contribution is -1.96. The van der Waals surface area contributed by atoms with Gasteiger partial charge in [0.15, 0.2) is 5.82 Å². The number of benzene rings is 6. The van der Waals surface area contributed by atoms with Gasteiger partial charge in [0.1, 0.15) is 0 Å². The van der Waals surface area contributed by atoms with Gasteiger partial charge in [-0.3, -0.25) is 0 Å². The lowest BCUT2D eigenvalue weighted by atomic mass is 9.98. The van der Waals surface area contributed by atoms with Crippen LogP contribution >= 0.6 is 11.3 Å². The summed E-state index contributed by atoms with van der Waals surface area (Å²) in [5, 5.41) is 8.48. The van der Waals surface area contributed by atoms with E-state index in [9.17, 15) is 0 Å². The van der Waals surface area contributed by atoms with Crippen molar-refractivity contribution in [2.75, 3.05) is 0 Å². The van der Waals surface area contributed by atoms with Crippen LogP contribution in [-0.4, -0.2) is 9.97 Å². The summed E-state index contributed by atoms with van der Waals surface area (Å²) < 4.78 is 2.60.